The van der Waals surface area contributed by atoms with E-state index in [1.807, 2.05) is 44.2 Å². The summed E-state index contributed by atoms with van der Waals surface area (Å²) in [5, 5.41) is 11.2. The van der Waals surface area contributed by atoms with E-state index in [9.17, 15) is 14.7 Å². The first kappa shape index (κ1) is 21.8. The summed E-state index contributed by atoms with van der Waals surface area (Å²) in [4.78, 5) is 27.8. The predicted molar refractivity (Wildman–Crippen MR) is 128 cm³/mol. The third kappa shape index (κ3) is 3.82. The van der Waals surface area contributed by atoms with E-state index in [0.29, 0.717) is 17.0 Å². The summed E-state index contributed by atoms with van der Waals surface area (Å²) in [7, 11) is 1.56. The van der Waals surface area contributed by atoms with Crippen LogP contribution in [0.25, 0.3) is 5.76 Å². The molecule has 4 rings (SSSR count). The van der Waals surface area contributed by atoms with E-state index in [1.54, 1.807) is 43.5 Å². The van der Waals surface area contributed by atoms with Crippen molar-refractivity contribution in [1.29, 1.82) is 0 Å². The number of aryl methyl sites for hydroxylation is 2. The standard InChI is InChI=1S/C26H22BrNO4/c1-15-5-4-6-17(13-15)23-22(24(29)18-7-12-21(27)16(2)14-18)25(30)26(31)28(23)19-8-10-20(32-3)11-9-19/h4-14,23,29H,1-3H3/b24-22-. The van der Waals surface area contributed by atoms with Gasteiger partial charge in [-0.2, -0.15) is 0 Å². The molecule has 1 N–H and O–H groups in total. The predicted octanol–water partition coefficient (Wildman–Crippen LogP) is 5.70. The molecule has 0 spiro atoms. The second-order valence-corrected chi connectivity index (χ2v) is 8.60. The average Bonchev–Trinajstić information content (AvgIpc) is 3.06. The fourth-order valence-electron chi connectivity index (χ4n) is 3.94. The lowest BCUT2D eigenvalue weighted by Crippen LogP contribution is -2.29. The fourth-order valence-corrected chi connectivity index (χ4v) is 4.19. The van der Waals surface area contributed by atoms with Gasteiger partial charge in [0, 0.05) is 15.7 Å². The average molecular weight is 492 g/mol. The normalized spacial score (nSPS) is 17.6. The van der Waals surface area contributed by atoms with Gasteiger partial charge in [0.05, 0.1) is 18.7 Å². The van der Waals surface area contributed by atoms with Crippen LogP contribution in [0, 0.1) is 13.8 Å². The van der Waals surface area contributed by atoms with E-state index >= 15 is 0 Å². The minimum atomic E-state index is -0.757. The van der Waals surface area contributed by atoms with Crippen LogP contribution < -0.4 is 9.64 Å². The zero-order valence-electron chi connectivity index (χ0n) is 17.9. The molecule has 1 aliphatic heterocycles. The van der Waals surface area contributed by atoms with Crippen LogP contribution in [0.4, 0.5) is 5.69 Å². The van der Waals surface area contributed by atoms with Gasteiger partial charge in [-0.15, -0.1) is 0 Å². The third-order valence-electron chi connectivity index (χ3n) is 5.58. The molecular formula is C26H22BrNO4. The number of Topliss-reactive ketones (excluding diaryl/α,β-unsaturated/α-hetero) is 1. The van der Waals surface area contributed by atoms with Crippen molar-refractivity contribution >= 4 is 39.1 Å². The number of carbonyl (C=O) groups excluding carboxylic acids is 2. The highest BCUT2D eigenvalue weighted by molar-refractivity contribution is 9.10. The first-order chi connectivity index (χ1) is 15.3. The van der Waals surface area contributed by atoms with Crippen molar-refractivity contribution in [2.24, 2.45) is 0 Å². The molecule has 0 saturated carbocycles. The zero-order valence-corrected chi connectivity index (χ0v) is 19.5. The molecule has 1 unspecified atom stereocenters. The van der Waals surface area contributed by atoms with Crippen LogP contribution in [-0.2, 0) is 9.59 Å². The molecule has 1 saturated heterocycles. The fraction of sp³-hybridized carbons (Fsp3) is 0.154. The number of rotatable bonds is 4. The number of nitrogens with zero attached hydrogens (tertiary/aromatic N) is 1. The summed E-state index contributed by atoms with van der Waals surface area (Å²) < 4.78 is 6.11. The van der Waals surface area contributed by atoms with Crippen molar-refractivity contribution in [2.75, 3.05) is 12.0 Å². The molecular weight excluding hydrogens is 470 g/mol. The van der Waals surface area contributed by atoms with Crippen molar-refractivity contribution in [3.05, 3.63) is 99.0 Å². The third-order valence-corrected chi connectivity index (χ3v) is 6.47. The molecule has 0 radical (unpaired) electrons. The number of benzene rings is 3. The summed E-state index contributed by atoms with van der Waals surface area (Å²) >= 11 is 3.45. The number of aliphatic hydroxyl groups is 1. The van der Waals surface area contributed by atoms with E-state index in [-0.39, 0.29) is 11.3 Å². The van der Waals surface area contributed by atoms with E-state index in [4.69, 9.17) is 4.74 Å². The van der Waals surface area contributed by atoms with Crippen LogP contribution in [-0.4, -0.2) is 23.9 Å². The summed E-state index contributed by atoms with van der Waals surface area (Å²) in [5.74, 6) is -0.952. The van der Waals surface area contributed by atoms with Crippen molar-refractivity contribution in [3.63, 3.8) is 0 Å². The summed E-state index contributed by atoms with van der Waals surface area (Å²) in [6, 6.07) is 19.1. The smallest absolute Gasteiger partial charge is 0.300 e. The van der Waals surface area contributed by atoms with E-state index in [0.717, 1.165) is 21.2 Å². The molecule has 162 valence electrons. The van der Waals surface area contributed by atoms with Gasteiger partial charge >= 0.3 is 0 Å². The minimum absolute atomic E-state index is 0.0677. The highest BCUT2D eigenvalue weighted by Gasteiger charge is 2.47. The van der Waals surface area contributed by atoms with Crippen molar-refractivity contribution in [1.82, 2.24) is 0 Å². The maximum Gasteiger partial charge on any atom is 0.300 e. The number of halogens is 1. The number of ketones is 1. The monoisotopic (exact) mass is 491 g/mol. The number of carbonyl (C=O) groups is 2. The van der Waals surface area contributed by atoms with Crippen LogP contribution >= 0.6 is 15.9 Å². The van der Waals surface area contributed by atoms with Gasteiger partial charge in [-0.1, -0.05) is 51.8 Å². The van der Waals surface area contributed by atoms with Crippen LogP contribution in [0.5, 0.6) is 5.75 Å². The summed E-state index contributed by atoms with van der Waals surface area (Å²) in [6.45, 7) is 3.84. The minimum Gasteiger partial charge on any atom is -0.507 e. The molecule has 1 atom stereocenters. The number of aliphatic hydroxyl groups excluding tert-OH is 1. The Bertz CT molecular complexity index is 1250. The molecule has 3 aromatic carbocycles. The first-order valence-corrected chi connectivity index (χ1v) is 10.9. The number of hydrogen-bond acceptors (Lipinski definition) is 4. The lowest BCUT2D eigenvalue weighted by Gasteiger charge is -2.26. The Kier molecular flexibility index (Phi) is 5.89. The zero-order chi connectivity index (χ0) is 23.0. The van der Waals surface area contributed by atoms with Gasteiger partial charge in [-0.05, 0) is 61.4 Å². The van der Waals surface area contributed by atoms with Gasteiger partial charge < -0.3 is 9.84 Å². The maximum atomic E-state index is 13.2. The van der Waals surface area contributed by atoms with Crippen LogP contribution in [0.2, 0.25) is 0 Å². The van der Waals surface area contributed by atoms with E-state index < -0.39 is 17.7 Å². The summed E-state index contributed by atoms with van der Waals surface area (Å²) in [5.41, 5.74) is 3.74. The molecule has 0 bridgehead atoms. The molecule has 3 aromatic rings. The Balaban J connectivity index is 1.94. The topological polar surface area (TPSA) is 66.8 Å². The Morgan fingerprint density at radius 2 is 1.72 bits per heavy atom. The SMILES string of the molecule is COc1ccc(N2C(=O)C(=O)/C(=C(\O)c3ccc(Br)c(C)c3)C2c2cccc(C)c2)cc1. The first-order valence-electron chi connectivity index (χ1n) is 10.1. The van der Waals surface area contributed by atoms with Crippen molar-refractivity contribution in [2.45, 2.75) is 19.9 Å². The highest BCUT2D eigenvalue weighted by Crippen LogP contribution is 2.42. The maximum absolute atomic E-state index is 13.2. The lowest BCUT2D eigenvalue weighted by atomic mass is 9.94. The second-order valence-electron chi connectivity index (χ2n) is 7.75. The number of methoxy groups -OCH3 is 1. The van der Waals surface area contributed by atoms with Crippen LogP contribution in [0.1, 0.15) is 28.3 Å². The van der Waals surface area contributed by atoms with Gasteiger partial charge in [0.2, 0.25) is 0 Å². The molecule has 32 heavy (non-hydrogen) atoms. The Labute approximate surface area is 195 Å². The number of hydrogen-bond donors (Lipinski definition) is 1. The molecule has 1 amide bonds. The van der Waals surface area contributed by atoms with Gasteiger partial charge in [-0.3, -0.25) is 14.5 Å². The molecule has 5 nitrogen and oxygen atoms in total. The molecule has 1 fully saturated rings. The van der Waals surface area contributed by atoms with Gasteiger partial charge in [-0.25, -0.2) is 0 Å². The van der Waals surface area contributed by atoms with Crippen molar-refractivity contribution in [3.8, 4) is 5.75 Å². The lowest BCUT2D eigenvalue weighted by molar-refractivity contribution is -0.132. The van der Waals surface area contributed by atoms with E-state index in [1.165, 1.54) is 4.90 Å². The molecule has 1 aliphatic rings. The molecule has 1 heterocycles. The molecule has 6 heteroatoms. The van der Waals surface area contributed by atoms with Gasteiger partial charge in [0.25, 0.3) is 11.7 Å². The van der Waals surface area contributed by atoms with Crippen molar-refractivity contribution < 1.29 is 19.4 Å². The largest absolute Gasteiger partial charge is 0.507 e. The number of ether oxygens (including phenoxy) is 1. The van der Waals surface area contributed by atoms with E-state index in [2.05, 4.69) is 15.9 Å². The van der Waals surface area contributed by atoms with Gasteiger partial charge in [0.1, 0.15) is 11.5 Å². The number of anilines is 1. The van der Waals surface area contributed by atoms with Crippen LogP contribution in [0.15, 0.2) is 76.8 Å². The highest BCUT2D eigenvalue weighted by atomic mass is 79.9. The Morgan fingerprint density at radius 1 is 1.00 bits per heavy atom. The van der Waals surface area contributed by atoms with Gasteiger partial charge in [0.15, 0.2) is 0 Å². The van der Waals surface area contributed by atoms with Crippen LogP contribution in [0.3, 0.4) is 0 Å². The molecule has 0 aromatic heterocycles. The number of amides is 1. The second kappa shape index (κ2) is 8.63. The Morgan fingerprint density at radius 3 is 2.34 bits per heavy atom. The summed E-state index contributed by atoms with van der Waals surface area (Å²) in [6.07, 6.45) is 0. The quantitative estimate of drug-likeness (QED) is 0.288. The Hall–Kier alpha value is -3.38. The molecule has 0 aliphatic carbocycles.